The van der Waals surface area contributed by atoms with Crippen LogP contribution in [0.15, 0.2) is 24.3 Å². The van der Waals surface area contributed by atoms with Crippen molar-refractivity contribution in [1.82, 2.24) is 0 Å². The van der Waals surface area contributed by atoms with Gasteiger partial charge in [0.1, 0.15) is 12.4 Å². The second kappa shape index (κ2) is 5.92. The Morgan fingerprint density at radius 2 is 2.00 bits per heavy atom. The van der Waals surface area contributed by atoms with Gasteiger partial charge in [-0.3, -0.25) is 9.59 Å². The van der Waals surface area contributed by atoms with Gasteiger partial charge in [-0.25, -0.2) is 0 Å². The third kappa shape index (κ3) is 3.74. The molecule has 0 heterocycles. The molecule has 1 aromatic carbocycles. The van der Waals surface area contributed by atoms with E-state index in [0.717, 1.165) is 0 Å². The highest BCUT2D eigenvalue weighted by atomic mass is 16.6. The molecule has 6 heteroatoms. The molecule has 82 valence electrons. The summed E-state index contributed by atoms with van der Waals surface area (Å²) in [7, 11) is 4.80. The topological polar surface area (TPSA) is 75.7 Å². The summed E-state index contributed by atoms with van der Waals surface area (Å²) in [5.41, 5.74) is 0.461. The highest BCUT2D eigenvalue weighted by Crippen LogP contribution is 2.18. The molecule has 2 radical (unpaired) electrons. The molecule has 0 aliphatic rings. The largest absolute Gasteiger partial charge is 0.846 e. The van der Waals surface area contributed by atoms with Crippen molar-refractivity contribution in [2.24, 2.45) is 0 Å². The molecule has 0 amide bonds. The molecule has 0 saturated carbocycles. The minimum absolute atomic E-state index is 0.113. The predicted molar refractivity (Wildman–Crippen MR) is 52.9 cm³/mol. The van der Waals surface area contributed by atoms with E-state index < -0.39 is 18.4 Å². The van der Waals surface area contributed by atoms with Crippen LogP contribution >= 0.6 is 0 Å². The number of ether oxygens (including phenoxy) is 2. The van der Waals surface area contributed by atoms with E-state index in [9.17, 15) is 14.7 Å². The molecular formula is C10H8BO5-. The lowest BCUT2D eigenvalue weighted by atomic mass is 10.2. The number of esters is 1. The maximum absolute atomic E-state index is 10.8. The van der Waals surface area contributed by atoms with Gasteiger partial charge in [-0.15, -0.1) is 0 Å². The Labute approximate surface area is 93.4 Å². The standard InChI is InChI=1S/C10H8BO5/c11-10(14)15-6-7-3-1-2-4-8(7)16-9(13)5-12/h1-4H,5-6H2/q-1. The van der Waals surface area contributed by atoms with Crippen LogP contribution in [0.4, 0.5) is 4.79 Å². The van der Waals surface area contributed by atoms with Crippen LogP contribution in [0.2, 0.25) is 0 Å². The van der Waals surface area contributed by atoms with Crippen LogP contribution in [0, 0.1) is 0 Å². The normalized spacial score (nSPS) is 9.56. The smallest absolute Gasteiger partial charge is 0.294 e. The molecule has 1 aromatic rings. The number of carbonyl (C=O) groups is 2. The van der Waals surface area contributed by atoms with Gasteiger partial charge in [-0.2, -0.15) is 0 Å². The minimum Gasteiger partial charge on any atom is -0.846 e. The molecule has 0 N–H and O–H groups in total. The zero-order valence-electron chi connectivity index (χ0n) is 8.34. The molecule has 0 unspecified atom stereocenters. The Morgan fingerprint density at radius 1 is 1.31 bits per heavy atom. The second-order valence-electron chi connectivity index (χ2n) is 2.83. The van der Waals surface area contributed by atoms with Gasteiger partial charge in [0.15, 0.2) is 0 Å². The van der Waals surface area contributed by atoms with Crippen LogP contribution < -0.4 is 9.84 Å². The first-order valence-corrected chi connectivity index (χ1v) is 4.42. The molecule has 0 aliphatic heterocycles. The molecule has 16 heavy (non-hydrogen) atoms. The van der Waals surface area contributed by atoms with Crippen LogP contribution in [-0.2, 0) is 16.1 Å². The highest BCUT2D eigenvalue weighted by Gasteiger charge is 2.06. The Bertz CT molecular complexity index is 391. The number of hydrogen-bond acceptors (Lipinski definition) is 5. The number of benzene rings is 1. The van der Waals surface area contributed by atoms with Crippen LogP contribution in [0.3, 0.4) is 0 Å². The van der Waals surface area contributed by atoms with Crippen molar-refractivity contribution in [3.05, 3.63) is 29.8 Å². The summed E-state index contributed by atoms with van der Waals surface area (Å²) in [6.07, 6.45) is 0. The summed E-state index contributed by atoms with van der Waals surface area (Å²) in [6.45, 7) is -1.08. The monoisotopic (exact) mass is 219 g/mol. The van der Waals surface area contributed by atoms with E-state index in [1.54, 1.807) is 18.2 Å². The SMILES string of the molecule is [B]C(=O)OCc1ccccc1OC(=O)C[O-]. The van der Waals surface area contributed by atoms with E-state index in [2.05, 4.69) is 4.74 Å². The number of para-hydroxylation sites is 1. The average molecular weight is 219 g/mol. The predicted octanol–water partition coefficient (Wildman–Crippen LogP) is -0.243. The van der Waals surface area contributed by atoms with Gasteiger partial charge in [0.05, 0.1) is 0 Å². The van der Waals surface area contributed by atoms with Gasteiger partial charge in [0.2, 0.25) is 13.7 Å². The van der Waals surface area contributed by atoms with E-state index in [-0.39, 0.29) is 12.4 Å². The quantitative estimate of drug-likeness (QED) is 0.396. The van der Waals surface area contributed by atoms with Crippen molar-refractivity contribution in [3.8, 4) is 5.75 Å². The van der Waals surface area contributed by atoms with Crippen molar-refractivity contribution in [1.29, 1.82) is 0 Å². The first-order valence-electron chi connectivity index (χ1n) is 4.42. The molecule has 0 bridgehead atoms. The van der Waals surface area contributed by atoms with E-state index >= 15 is 0 Å². The van der Waals surface area contributed by atoms with Crippen LogP contribution in [0.5, 0.6) is 5.75 Å². The fourth-order valence-corrected chi connectivity index (χ4v) is 1.02. The maximum Gasteiger partial charge on any atom is 0.294 e. The molecule has 5 nitrogen and oxygen atoms in total. The Hall–Kier alpha value is -1.82. The van der Waals surface area contributed by atoms with Crippen LogP contribution in [-0.4, -0.2) is 26.3 Å². The molecule has 0 aliphatic carbocycles. The first kappa shape index (κ1) is 12.3. The van der Waals surface area contributed by atoms with Crippen molar-refractivity contribution in [2.45, 2.75) is 6.61 Å². The molecule has 0 saturated heterocycles. The fraction of sp³-hybridized carbons (Fsp3) is 0.200. The molecule has 0 atom stereocenters. The number of hydrogen-bond donors (Lipinski definition) is 0. The van der Waals surface area contributed by atoms with Gasteiger partial charge in [-0.05, 0) is 12.7 Å². The van der Waals surface area contributed by atoms with E-state index in [0.29, 0.717) is 5.56 Å². The molecule has 0 aromatic heterocycles. The minimum atomic E-state index is -0.967. The average Bonchev–Trinajstić information content (AvgIpc) is 2.27. The zero-order chi connectivity index (χ0) is 12.0. The third-order valence-electron chi connectivity index (χ3n) is 1.68. The van der Waals surface area contributed by atoms with Crippen molar-refractivity contribution in [3.63, 3.8) is 0 Å². The van der Waals surface area contributed by atoms with Crippen LogP contribution in [0.1, 0.15) is 5.56 Å². The van der Waals surface area contributed by atoms with Gasteiger partial charge in [0, 0.05) is 5.56 Å². The Balaban J connectivity index is 2.74. The Kier molecular flexibility index (Phi) is 4.53. The van der Waals surface area contributed by atoms with Crippen molar-refractivity contribution in [2.75, 3.05) is 6.61 Å². The molecule has 1 rings (SSSR count). The lowest BCUT2D eigenvalue weighted by Crippen LogP contribution is -2.23. The summed E-state index contributed by atoms with van der Waals surface area (Å²) in [5.74, 6) is -1.64. The van der Waals surface area contributed by atoms with Crippen molar-refractivity contribution >= 4 is 19.7 Å². The van der Waals surface area contributed by atoms with E-state index in [1.165, 1.54) is 6.07 Å². The van der Waals surface area contributed by atoms with Gasteiger partial charge in [0.25, 0.3) is 5.97 Å². The number of rotatable bonds is 4. The van der Waals surface area contributed by atoms with E-state index in [1.807, 2.05) is 0 Å². The summed E-state index contributed by atoms with van der Waals surface area (Å²) in [5, 5.41) is 10.2. The zero-order valence-corrected chi connectivity index (χ0v) is 8.34. The Morgan fingerprint density at radius 3 is 2.62 bits per heavy atom. The summed E-state index contributed by atoms with van der Waals surface area (Å²) >= 11 is 0. The highest BCUT2D eigenvalue weighted by molar-refractivity contribution is 6.55. The van der Waals surface area contributed by atoms with Gasteiger partial charge >= 0.3 is 0 Å². The van der Waals surface area contributed by atoms with Gasteiger partial charge in [-0.1, -0.05) is 18.2 Å². The molecule has 0 spiro atoms. The summed E-state index contributed by atoms with van der Waals surface area (Å²) in [6, 6.07) is 6.39. The van der Waals surface area contributed by atoms with Crippen molar-refractivity contribution < 1.29 is 24.2 Å². The van der Waals surface area contributed by atoms with E-state index in [4.69, 9.17) is 12.6 Å². The third-order valence-corrected chi connectivity index (χ3v) is 1.68. The lowest BCUT2D eigenvalue weighted by molar-refractivity contribution is -0.358. The fourth-order valence-electron chi connectivity index (χ4n) is 1.02. The van der Waals surface area contributed by atoms with Gasteiger partial charge < -0.3 is 14.6 Å². The number of carbonyl (C=O) groups excluding carboxylic acids is 2. The second-order valence-corrected chi connectivity index (χ2v) is 2.83. The van der Waals surface area contributed by atoms with Crippen LogP contribution in [0.25, 0.3) is 0 Å². The first-order chi connectivity index (χ1) is 7.63. The summed E-state index contributed by atoms with van der Waals surface area (Å²) < 4.78 is 9.30. The summed E-state index contributed by atoms with van der Waals surface area (Å²) in [4.78, 5) is 21.2. The maximum atomic E-state index is 10.8. The lowest BCUT2D eigenvalue weighted by Gasteiger charge is -2.10. The molecular weight excluding hydrogens is 211 g/mol. The molecule has 0 fully saturated rings.